The summed E-state index contributed by atoms with van der Waals surface area (Å²) >= 11 is 0. The maximum Gasteiger partial charge on any atom is 0.223 e. The highest BCUT2D eigenvalue weighted by Crippen LogP contribution is 2.29. The largest absolute Gasteiger partial charge is 0.494 e. The molecule has 1 amide bonds. The fraction of sp³-hybridized carbons (Fsp3) is 0.444. The van der Waals surface area contributed by atoms with E-state index in [9.17, 15) is 4.79 Å². The minimum absolute atomic E-state index is 0.154. The highest BCUT2D eigenvalue weighted by Gasteiger charge is 2.33. The predicted octanol–water partition coefficient (Wildman–Crippen LogP) is 3.20. The van der Waals surface area contributed by atoms with Crippen LogP contribution >= 0.6 is 0 Å². The molecule has 0 bridgehead atoms. The molecule has 1 saturated heterocycles. The van der Waals surface area contributed by atoms with Crippen molar-refractivity contribution in [3.63, 3.8) is 0 Å². The average Bonchev–Trinajstić information content (AvgIpc) is 3.15. The summed E-state index contributed by atoms with van der Waals surface area (Å²) in [5.74, 6) is 2.13. The molecule has 5 nitrogen and oxygen atoms in total. The lowest BCUT2D eigenvalue weighted by molar-refractivity contribution is -0.129. The number of likely N-dealkylation sites (tertiary alicyclic amines) is 1. The van der Waals surface area contributed by atoms with Gasteiger partial charge in [0.1, 0.15) is 11.6 Å². The van der Waals surface area contributed by atoms with Gasteiger partial charge in [0, 0.05) is 24.9 Å². The van der Waals surface area contributed by atoms with Crippen molar-refractivity contribution >= 4 is 5.91 Å². The zero-order valence-corrected chi connectivity index (χ0v) is 13.9. The summed E-state index contributed by atoms with van der Waals surface area (Å²) in [6, 6.07) is 8.19. The van der Waals surface area contributed by atoms with E-state index in [1.807, 2.05) is 56.1 Å². The van der Waals surface area contributed by atoms with Crippen molar-refractivity contribution in [1.29, 1.82) is 0 Å². The van der Waals surface area contributed by atoms with Crippen LogP contribution in [0.15, 0.2) is 30.5 Å². The summed E-state index contributed by atoms with van der Waals surface area (Å²) in [5, 5.41) is 0. The number of hydrogen-bond acceptors (Lipinski definition) is 3. The van der Waals surface area contributed by atoms with Crippen LogP contribution in [0.2, 0.25) is 0 Å². The summed E-state index contributed by atoms with van der Waals surface area (Å²) < 4.78 is 5.46. The molecule has 2 heterocycles. The van der Waals surface area contributed by atoms with Crippen LogP contribution < -0.4 is 4.74 Å². The molecule has 1 unspecified atom stereocenters. The van der Waals surface area contributed by atoms with Gasteiger partial charge < -0.3 is 14.6 Å². The number of carbonyl (C=O) groups is 1. The minimum atomic E-state index is 0.154. The third kappa shape index (κ3) is 3.23. The number of ether oxygens (including phenoxy) is 1. The number of amides is 1. The maximum atomic E-state index is 12.0. The van der Waals surface area contributed by atoms with Gasteiger partial charge in [-0.05, 0) is 50.6 Å². The van der Waals surface area contributed by atoms with Crippen LogP contribution in [0.5, 0.6) is 5.75 Å². The van der Waals surface area contributed by atoms with Crippen molar-refractivity contribution in [1.82, 2.24) is 14.9 Å². The number of carbonyl (C=O) groups excluding carboxylic acids is 1. The summed E-state index contributed by atoms with van der Waals surface area (Å²) in [7, 11) is 0. The van der Waals surface area contributed by atoms with E-state index in [1.165, 1.54) is 0 Å². The van der Waals surface area contributed by atoms with Gasteiger partial charge in [0.15, 0.2) is 0 Å². The van der Waals surface area contributed by atoms with Gasteiger partial charge in [0.25, 0.3) is 0 Å². The molecule has 5 heteroatoms. The second-order valence-electron chi connectivity index (χ2n) is 6.18. The number of aromatic amines is 1. The number of imidazole rings is 1. The van der Waals surface area contributed by atoms with Gasteiger partial charge in [-0.2, -0.15) is 0 Å². The third-order valence-corrected chi connectivity index (χ3v) is 4.24. The molecule has 23 heavy (non-hydrogen) atoms. The Morgan fingerprint density at radius 3 is 2.70 bits per heavy atom. The molecule has 0 aliphatic carbocycles. The molecule has 1 aromatic carbocycles. The monoisotopic (exact) mass is 313 g/mol. The molecule has 1 N–H and O–H groups in total. The molecule has 3 rings (SSSR count). The number of benzene rings is 1. The van der Waals surface area contributed by atoms with Crippen LogP contribution in [-0.2, 0) is 4.79 Å². The van der Waals surface area contributed by atoms with Gasteiger partial charge in [0.2, 0.25) is 5.91 Å². The Hall–Kier alpha value is -2.30. The number of nitrogens with one attached hydrogen (secondary N) is 1. The van der Waals surface area contributed by atoms with Crippen LogP contribution in [0.1, 0.15) is 38.9 Å². The first kappa shape index (κ1) is 15.6. The van der Waals surface area contributed by atoms with E-state index >= 15 is 0 Å². The summed E-state index contributed by atoms with van der Waals surface area (Å²) in [4.78, 5) is 21.8. The van der Waals surface area contributed by atoms with Crippen LogP contribution in [0.3, 0.4) is 0 Å². The number of H-pyrrole nitrogens is 1. The summed E-state index contributed by atoms with van der Waals surface area (Å²) in [6.07, 6.45) is 2.38. The summed E-state index contributed by atoms with van der Waals surface area (Å²) in [5.41, 5.74) is 2.04. The van der Waals surface area contributed by atoms with E-state index in [4.69, 9.17) is 4.74 Å². The van der Waals surface area contributed by atoms with Crippen LogP contribution in [0.4, 0.5) is 0 Å². The van der Waals surface area contributed by atoms with Crippen LogP contribution in [0, 0.1) is 0 Å². The molecule has 0 saturated carbocycles. The van der Waals surface area contributed by atoms with Gasteiger partial charge in [-0.15, -0.1) is 0 Å². The van der Waals surface area contributed by atoms with Gasteiger partial charge in [-0.25, -0.2) is 4.98 Å². The van der Waals surface area contributed by atoms with E-state index in [1.54, 1.807) is 0 Å². The Balaban J connectivity index is 1.74. The molecular formula is C18H23N3O2. The lowest BCUT2D eigenvalue weighted by Gasteiger charge is -2.20. The molecular weight excluding hydrogens is 290 g/mol. The lowest BCUT2D eigenvalue weighted by Crippen LogP contribution is -2.31. The highest BCUT2D eigenvalue weighted by molar-refractivity contribution is 5.79. The smallest absolute Gasteiger partial charge is 0.223 e. The number of rotatable bonds is 5. The van der Waals surface area contributed by atoms with E-state index in [0.717, 1.165) is 29.4 Å². The molecule has 1 fully saturated rings. The topological polar surface area (TPSA) is 58.2 Å². The maximum absolute atomic E-state index is 12.0. The Kier molecular flexibility index (Phi) is 4.37. The zero-order valence-electron chi connectivity index (χ0n) is 13.9. The molecule has 2 aromatic rings. The number of nitrogens with zero attached hydrogens (tertiary/aromatic N) is 2. The minimum Gasteiger partial charge on any atom is -0.494 e. The fourth-order valence-corrected chi connectivity index (χ4v) is 3.00. The SMILES string of the molecule is CCOc1ccc(-c2cnc(C3CC(=O)N(C(C)C)C3)[nH]2)cc1. The summed E-state index contributed by atoms with van der Waals surface area (Å²) in [6.45, 7) is 7.47. The first-order chi connectivity index (χ1) is 11.1. The lowest BCUT2D eigenvalue weighted by atomic mass is 10.1. The van der Waals surface area contributed by atoms with Crippen LogP contribution in [0.25, 0.3) is 11.3 Å². The van der Waals surface area contributed by atoms with Crippen molar-refractivity contribution in [3.05, 3.63) is 36.3 Å². The molecule has 1 aromatic heterocycles. The quantitative estimate of drug-likeness (QED) is 0.922. The second-order valence-corrected chi connectivity index (χ2v) is 6.18. The predicted molar refractivity (Wildman–Crippen MR) is 89.4 cm³/mol. The standard InChI is InChI=1S/C18H23N3O2/c1-4-23-15-7-5-13(6-8-15)16-10-19-18(20-16)14-9-17(22)21(11-14)12(2)3/h5-8,10,12,14H,4,9,11H2,1-3H3,(H,19,20). The Labute approximate surface area is 136 Å². The van der Waals surface area contributed by atoms with Crippen molar-refractivity contribution in [3.8, 4) is 17.0 Å². The highest BCUT2D eigenvalue weighted by atomic mass is 16.5. The second kappa shape index (κ2) is 6.44. The van der Waals surface area contributed by atoms with E-state index in [2.05, 4.69) is 9.97 Å². The van der Waals surface area contributed by atoms with Gasteiger partial charge in [-0.3, -0.25) is 4.79 Å². The number of hydrogen-bond donors (Lipinski definition) is 1. The van der Waals surface area contributed by atoms with Crippen molar-refractivity contribution in [2.24, 2.45) is 0 Å². The first-order valence-electron chi connectivity index (χ1n) is 8.16. The van der Waals surface area contributed by atoms with Crippen molar-refractivity contribution in [2.75, 3.05) is 13.2 Å². The molecule has 122 valence electrons. The first-order valence-corrected chi connectivity index (χ1v) is 8.16. The molecule has 1 aliphatic heterocycles. The van der Waals surface area contributed by atoms with Crippen LogP contribution in [-0.4, -0.2) is 40.0 Å². The van der Waals surface area contributed by atoms with Gasteiger partial charge in [-0.1, -0.05) is 0 Å². The molecule has 1 aliphatic rings. The molecule has 1 atom stereocenters. The Bertz CT molecular complexity index is 676. The molecule has 0 radical (unpaired) electrons. The number of aromatic nitrogens is 2. The average molecular weight is 313 g/mol. The zero-order chi connectivity index (χ0) is 16.4. The Morgan fingerprint density at radius 2 is 2.09 bits per heavy atom. The van der Waals surface area contributed by atoms with E-state index in [-0.39, 0.29) is 17.9 Å². The van der Waals surface area contributed by atoms with Crippen molar-refractivity contribution < 1.29 is 9.53 Å². The van der Waals surface area contributed by atoms with Crippen molar-refractivity contribution in [2.45, 2.75) is 39.2 Å². The Morgan fingerprint density at radius 1 is 1.35 bits per heavy atom. The third-order valence-electron chi connectivity index (χ3n) is 4.24. The van der Waals surface area contributed by atoms with Gasteiger partial charge >= 0.3 is 0 Å². The van der Waals surface area contributed by atoms with Gasteiger partial charge in [0.05, 0.1) is 18.5 Å². The fourth-order valence-electron chi connectivity index (χ4n) is 3.00. The normalized spacial score (nSPS) is 18.0. The molecule has 0 spiro atoms. The van der Waals surface area contributed by atoms with E-state index in [0.29, 0.717) is 13.0 Å². The van der Waals surface area contributed by atoms with E-state index < -0.39 is 0 Å².